The lowest BCUT2D eigenvalue weighted by molar-refractivity contribution is 0.111. The zero-order chi connectivity index (χ0) is 55.5. The Hall–Kier alpha value is -4.28. The Balaban J connectivity index is 1.10. The molecule has 0 saturated carbocycles. The minimum Gasteiger partial charge on any atom is -0.297 e. The van der Waals surface area contributed by atoms with Crippen LogP contribution in [0.2, 0.25) is 0 Å². The number of aryl methyl sites for hydroxylation is 4. The van der Waals surface area contributed by atoms with Crippen molar-refractivity contribution in [2.24, 2.45) is 0 Å². The van der Waals surface area contributed by atoms with E-state index in [2.05, 4.69) is 149 Å². The molecule has 80 heavy (non-hydrogen) atoms. The first-order valence-electron chi connectivity index (χ1n) is 30.1. The molecule has 0 N–H and O–H groups in total. The molecule has 0 saturated heterocycles. The van der Waals surface area contributed by atoms with Gasteiger partial charge in [-0.1, -0.05) is 202 Å². The SMILES string of the molecule is CCCCCCc1ccc(CSC(SCc2ccc(CCCCCC)cc2)=C2c3cc4c(cc3-c3sc(C=O)cc32)C(=C(SCc2ccc(CCCCCC)cc2)SCc2ccc(CCCCCC)cc2)c2cc(C=O)sc2-4)cc1. The summed E-state index contributed by atoms with van der Waals surface area (Å²) in [6.07, 6.45) is 26.9. The van der Waals surface area contributed by atoms with Crippen LogP contribution in [0.1, 0.15) is 217 Å². The van der Waals surface area contributed by atoms with Crippen LogP contribution in [0.3, 0.4) is 0 Å². The van der Waals surface area contributed by atoms with E-state index in [9.17, 15) is 9.59 Å². The third-order valence-corrected chi connectivity index (χ3v) is 23.1. The lowest BCUT2D eigenvalue weighted by atomic mass is 9.98. The van der Waals surface area contributed by atoms with Crippen LogP contribution in [0.4, 0.5) is 0 Å². The molecule has 2 aliphatic carbocycles. The van der Waals surface area contributed by atoms with Crippen molar-refractivity contribution in [2.45, 2.75) is 179 Å². The second kappa shape index (κ2) is 31.4. The standard InChI is InChI=1S/C72H82O2S6/c1-5-9-13-17-21-51-25-33-55(34-26-51)47-75-71(76-48-56-35-27-52(28-36-56)22-18-14-10-6-2)67-61-43-64-62(44-63(61)69-65(67)41-59(45-73)79-69)68(66-42-60(46-74)80-70(64)66)72(77-49-57-37-29-53(30-38-57)23-19-15-11-7-3)78-50-58-39-31-54(32-40-58)24-20-16-12-8-4/h25-46H,5-24,47-50H2,1-4H3. The van der Waals surface area contributed by atoms with E-state index in [-0.39, 0.29) is 0 Å². The maximum absolute atomic E-state index is 12.8. The van der Waals surface area contributed by atoms with Gasteiger partial charge in [0, 0.05) is 74.6 Å². The molecule has 7 aromatic rings. The first-order valence-corrected chi connectivity index (χ1v) is 35.7. The van der Waals surface area contributed by atoms with Gasteiger partial charge >= 0.3 is 0 Å². The molecule has 0 aliphatic heterocycles. The Morgan fingerprint density at radius 3 is 0.838 bits per heavy atom. The van der Waals surface area contributed by atoms with E-state index in [4.69, 9.17) is 0 Å². The predicted molar refractivity (Wildman–Crippen MR) is 358 cm³/mol. The summed E-state index contributed by atoms with van der Waals surface area (Å²) in [7, 11) is 0. The molecule has 0 amide bonds. The van der Waals surface area contributed by atoms with E-state index in [0.29, 0.717) is 0 Å². The van der Waals surface area contributed by atoms with Crippen molar-refractivity contribution in [3.8, 4) is 20.9 Å². The molecule has 0 spiro atoms. The second-order valence-electron chi connectivity index (χ2n) is 22.0. The maximum atomic E-state index is 12.8. The molecular formula is C72H82O2S6. The van der Waals surface area contributed by atoms with Gasteiger partial charge in [-0.2, -0.15) is 0 Å². The summed E-state index contributed by atoms with van der Waals surface area (Å²) in [5, 5.41) is 0. The Bertz CT molecular complexity index is 2830. The van der Waals surface area contributed by atoms with Crippen LogP contribution in [0, 0.1) is 0 Å². The highest BCUT2D eigenvalue weighted by molar-refractivity contribution is 8.22. The highest BCUT2D eigenvalue weighted by Crippen LogP contribution is 2.60. The number of hydrogen-bond acceptors (Lipinski definition) is 8. The van der Waals surface area contributed by atoms with Gasteiger partial charge in [0.15, 0.2) is 12.6 Å². The zero-order valence-corrected chi connectivity index (χ0v) is 52.8. The number of carbonyl (C=O) groups is 2. The van der Waals surface area contributed by atoms with E-state index in [1.807, 2.05) is 47.0 Å². The molecule has 0 fully saturated rings. The minimum absolute atomic E-state index is 0.758. The Kier molecular flexibility index (Phi) is 23.7. The molecule has 418 valence electrons. The molecule has 2 aliphatic rings. The highest BCUT2D eigenvalue weighted by Gasteiger charge is 2.36. The number of carbonyl (C=O) groups excluding carboxylic acids is 2. The van der Waals surface area contributed by atoms with Crippen molar-refractivity contribution in [1.82, 2.24) is 0 Å². The summed E-state index contributed by atoms with van der Waals surface area (Å²) in [6, 6.07) is 46.6. The summed E-state index contributed by atoms with van der Waals surface area (Å²) in [4.78, 5) is 29.4. The van der Waals surface area contributed by atoms with E-state index in [1.165, 1.54) is 199 Å². The fourth-order valence-electron chi connectivity index (χ4n) is 11.0. The Labute approximate surface area is 505 Å². The monoisotopic (exact) mass is 1170 g/mol. The van der Waals surface area contributed by atoms with Gasteiger partial charge in [-0.25, -0.2) is 0 Å². The van der Waals surface area contributed by atoms with Crippen molar-refractivity contribution in [3.63, 3.8) is 0 Å². The predicted octanol–water partition coefficient (Wildman–Crippen LogP) is 23.1. The number of unbranched alkanes of at least 4 members (excludes halogenated alkanes) is 12. The third-order valence-electron chi connectivity index (χ3n) is 15.7. The number of benzene rings is 5. The van der Waals surface area contributed by atoms with Gasteiger partial charge in [0.2, 0.25) is 0 Å². The molecule has 0 unspecified atom stereocenters. The Morgan fingerprint density at radius 2 is 0.588 bits per heavy atom. The van der Waals surface area contributed by atoms with E-state index in [0.717, 1.165) is 82.1 Å². The first kappa shape index (κ1) is 60.3. The van der Waals surface area contributed by atoms with Crippen LogP contribution < -0.4 is 0 Å². The van der Waals surface area contributed by atoms with Crippen molar-refractivity contribution in [3.05, 3.63) is 206 Å². The van der Waals surface area contributed by atoms with Crippen molar-refractivity contribution < 1.29 is 9.59 Å². The van der Waals surface area contributed by atoms with Crippen molar-refractivity contribution in [1.29, 1.82) is 0 Å². The summed E-state index contributed by atoms with van der Waals surface area (Å²) in [5.74, 6) is 3.41. The maximum Gasteiger partial charge on any atom is 0.160 e. The molecule has 5 aromatic carbocycles. The minimum atomic E-state index is 0.758. The molecule has 8 heteroatoms. The van der Waals surface area contributed by atoms with Gasteiger partial charge < -0.3 is 0 Å². The first-order chi connectivity index (χ1) is 39.4. The summed E-state index contributed by atoms with van der Waals surface area (Å²) in [5.41, 5.74) is 20.6. The zero-order valence-electron chi connectivity index (χ0n) is 47.9. The molecule has 0 radical (unpaired) electrons. The van der Waals surface area contributed by atoms with E-state index < -0.39 is 0 Å². The number of hydrogen-bond donors (Lipinski definition) is 0. The topological polar surface area (TPSA) is 34.1 Å². The third kappa shape index (κ3) is 16.1. The van der Waals surface area contributed by atoms with Crippen LogP contribution >= 0.6 is 69.7 Å². The lowest BCUT2D eigenvalue weighted by Crippen LogP contribution is -1.93. The van der Waals surface area contributed by atoms with Gasteiger partial charge in [-0.15, -0.1) is 69.7 Å². The summed E-state index contributed by atoms with van der Waals surface area (Å²) in [6.45, 7) is 9.11. The largest absolute Gasteiger partial charge is 0.297 e. The summed E-state index contributed by atoms with van der Waals surface area (Å²) < 4.78 is 2.57. The molecule has 2 nitrogen and oxygen atoms in total. The van der Waals surface area contributed by atoms with Crippen LogP contribution in [0.15, 0.2) is 130 Å². The number of thioether (sulfide) groups is 4. The summed E-state index contributed by atoms with van der Waals surface area (Å²) >= 11 is 11.0. The van der Waals surface area contributed by atoms with Crippen LogP contribution in [-0.2, 0) is 48.7 Å². The smallest absolute Gasteiger partial charge is 0.160 e. The van der Waals surface area contributed by atoms with Gasteiger partial charge in [-0.05, 0) is 131 Å². The number of rotatable bonds is 34. The quantitative estimate of drug-likeness (QED) is 0.0295. The van der Waals surface area contributed by atoms with Crippen LogP contribution in [0.5, 0.6) is 0 Å². The van der Waals surface area contributed by atoms with Crippen molar-refractivity contribution in [2.75, 3.05) is 0 Å². The van der Waals surface area contributed by atoms with Crippen LogP contribution in [0.25, 0.3) is 32.0 Å². The molecule has 0 atom stereocenters. The molecule has 2 heterocycles. The highest BCUT2D eigenvalue weighted by atomic mass is 32.2. The molecule has 0 bridgehead atoms. The van der Waals surface area contributed by atoms with E-state index >= 15 is 0 Å². The Morgan fingerprint density at radius 1 is 0.325 bits per heavy atom. The molecule has 2 aromatic heterocycles. The number of aldehydes is 2. The number of fused-ring (bicyclic) bond motifs is 6. The normalized spacial score (nSPS) is 12.2. The van der Waals surface area contributed by atoms with Crippen LogP contribution in [-0.4, -0.2) is 12.6 Å². The van der Waals surface area contributed by atoms with Crippen molar-refractivity contribution >= 4 is 93.4 Å². The van der Waals surface area contributed by atoms with Gasteiger partial charge in [0.25, 0.3) is 0 Å². The second-order valence-corrected chi connectivity index (χ2v) is 28.6. The fourth-order valence-corrected chi connectivity index (χ4v) is 17.8. The average Bonchev–Trinajstić information content (AvgIpc) is 4.33. The fraction of sp³-hybridized carbons (Fsp3) is 0.389. The van der Waals surface area contributed by atoms with Gasteiger partial charge in [0.1, 0.15) is 0 Å². The van der Waals surface area contributed by atoms with Gasteiger partial charge in [-0.3, -0.25) is 9.59 Å². The van der Waals surface area contributed by atoms with Gasteiger partial charge in [0.05, 0.1) is 9.75 Å². The molecule has 9 rings (SSSR count). The molecular weight excluding hydrogens is 1090 g/mol. The lowest BCUT2D eigenvalue weighted by Gasteiger charge is -2.16. The van der Waals surface area contributed by atoms with E-state index in [1.54, 1.807) is 22.7 Å². The average molecular weight is 1170 g/mol. The number of thiophene rings is 2.